The Labute approximate surface area is 103 Å². The van der Waals surface area contributed by atoms with Gasteiger partial charge in [-0.25, -0.2) is 9.97 Å². The second-order valence-corrected chi connectivity index (χ2v) is 4.37. The summed E-state index contributed by atoms with van der Waals surface area (Å²) in [7, 11) is 0. The third-order valence-corrected chi connectivity index (χ3v) is 3.10. The van der Waals surface area contributed by atoms with Crippen LogP contribution in [0, 0.1) is 0 Å². The van der Waals surface area contributed by atoms with Gasteiger partial charge in [0.2, 0.25) is 11.2 Å². The molecule has 0 bridgehead atoms. The van der Waals surface area contributed by atoms with Crippen LogP contribution in [0.1, 0.15) is 12.8 Å². The van der Waals surface area contributed by atoms with E-state index < -0.39 is 0 Å². The summed E-state index contributed by atoms with van der Waals surface area (Å²) in [5, 5.41) is 1.15. The number of carbonyl (C=O) groups excluding carboxylic acids is 1. The maximum atomic E-state index is 11.6. The average Bonchev–Trinajstić information content (AvgIpc) is 2.74. The van der Waals surface area contributed by atoms with Gasteiger partial charge in [-0.1, -0.05) is 0 Å². The minimum Gasteiger partial charge on any atom is -0.312 e. The molecule has 3 rings (SSSR count). The van der Waals surface area contributed by atoms with Crippen LogP contribution >= 0.6 is 11.6 Å². The van der Waals surface area contributed by atoms with E-state index in [4.69, 9.17) is 11.6 Å². The lowest BCUT2D eigenvalue weighted by Gasteiger charge is -2.15. The smallest absolute Gasteiger partial charge is 0.227 e. The van der Waals surface area contributed by atoms with Crippen LogP contribution in [0.2, 0.25) is 5.28 Å². The van der Waals surface area contributed by atoms with Gasteiger partial charge in [0.25, 0.3) is 0 Å². The van der Waals surface area contributed by atoms with Crippen LogP contribution in [0.4, 0.5) is 5.69 Å². The Hall–Kier alpha value is -1.68. The Balaban J connectivity index is 2.09. The Morgan fingerprint density at radius 1 is 1.35 bits per heavy atom. The van der Waals surface area contributed by atoms with Gasteiger partial charge in [-0.05, 0) is 36.2 Å². The van der Waals surface area contributed by atoms with Crippen LogP contribution in [0.3, 0.4) is 0 Å². The monoisotopic (exact) mass is 247 g/mol. The van der Waals surface area contributed by atoms with E-state index in [2.05, 4.69) is 9.97 Å². The molecule has 0 unspecified atom stereocenters. The van der Waals surface area contributed by atoms with E-state index in [1.54, 1.807) is 11.1 Å². The molecule has 1 amide bonds. The Morgan fingerprint density at radius 2 is 2.24 bits per heavy atom. The molecule has 0 radical (unpaired) electrons. The summed E-state index contributed by atoms with van der Waals surface area (Å²) in [4.78, 5) is 21.5. The lowest BCUT2D eigenvalue weighted by molar-refractivity contribution is -0.117. The summed E-state index contributed by atoms with van der Waals surface area (Å²) in [6.07, 6.45) is 3.23. The second kappa shape index (κ2) is 3.96. The van der Waals surface area contributed by atoms with Gasteiger partial charge < -0.3 is 4.90 Å². The topological polar surface area (TPSA) is 46.1 Å². The van der Waals surface area contributed by atoms with Gasteiger partial charge in [0.1, 0.15) is 0 Å². The number of rotatable bonds is 1. The zero-order valence-electron chi connectivity index (χ0n) is 9.06. The van der Waals surface area contributed by atoms with Crippen molar-refractivity contribution in [2.45, 2.75) is 12.8 Å². The van der Waals surface area contributed by atoms with E-state index in [0.29, 0.717) is 6.42 Å². The molecule has 1 aromatic heterocycles. The molecule has 1 saturated heterocycles. The van der Waals surface area contributed by atoms with Crippen molar-refractivity contribution in [1.82, 2.24) is 9.97 Å². The van der Waals surface area contributed by atoms with Crippen LogP contribution in [0.5, 0.6) is 0 Å². The van der Waals surface area contributed by atoms with Crippen LogP contribution in [-0.4, -0.2) is 22.4 Å². The summed E-state index contributed by atoms with van der Waals surface area (Å²) in [5.41, 5.74) is 1.65. The number of amides is 1. The lowest BCUT2D eigenvalue weighted by atomic mass is 10.2. The highest BCUT2D eigenvalue weighted by Gasteiger charge is 2.21. The van der Waals surface area contributed by atoms with Crippen molar-refractivity contribution in [2.75, 3.05) is 11.4 Å². The molecule has 0 aliphatic carbocycles. The first-order valence-electron chi connectivity index (χ1n) is 5.47. The SMILES string of the molecule is O=C1CCCN1c1ccc2cnc(Cl)nc2c1. The summed E-state index contributed by atoms with van der Waals surface area (Å²) in [6.45, 7) is 0.781. The fourth-order valence-corrected chi connectivity index (χ4v) is 2.22. The van der Waals surface area contributed by atoms with Crippen LogP contribution < -0.4 is 4.90 Å². The molecule has 0 spiro atoms. The average molecular weight is 248 g/mol. The molecular formula is C12H10ClN3O. The molecule has 1 aliphatic rings. The number of hydrogen-bond donors (Lipinski definition) is 0. The summed E-state index contributed by atoms with van der Waals surface area (Å²) in [5.74, 6) is 0.171. The van der Waals surface area contributed by atoms with Crippen molar-refractivity contribution in [2.24, 2.45) is 0 Å². The Bertz CT molecular complexity index is 599. The molecule has 1 aromatic carbocycles. The lowest BCUT2D eigenvalue weighted by Crippen LogP contribution is -2.23. The number of fused-ring (bicyclic) bond motifs is 1. The highest BCUT2D eigenvalue weighted by Crippen LogP contribution is 2.25. The van der Waals surface area contributed by atoms with Crippen molar-refractivity contribution in [3.05, 3.63) is 29.7 Å². The summed E-state index contributed by atoms with van der Waals surface area (Å²) < 4.78 is 0. The molecule has 5 heteroatoms. The van der Waals surface area contributed by atoms with Crippen molar-refractivity contribution >= 4 is 34.1 Å². The third kappa shape index (κ3) is 1.85. The van der Waals surface area contributed by atoms with Crippen LogP contribution in [0.25, 0.3) is 10.9 Å². The van der Waals surface area contributed by atoms with Crippen LogP contribution in [-0.2, 0) is 4.79 Å². The van der Waals surface area contributed by atoms with Gasteiger partial charge in [-0.2, -0.15) is 0 Å². The zero-order valence-corrected chi connectivity index (χ0v) is 9.81. The summed E-state index contributed by atoms with van der Waals surface area (Å²) in [6, 6.07) is 5.71. The molecule has 4 nitrogen and oxygen atoms in total. The molecule has 0 atom stereocenters. The van der Waals surface area contributed by atoms with Gasteiger partial charge in [-0.3, -0.25) is 4.79 Å². The highest BCUT2D eigenvalue weighted by molar-refractivity contribution is 6.28. The van der Waals surface area contributed by atoms with E-state index >= 15 is 0 Å². The van der Waals surface area contributed by atoms with Gasteiger partial charge >= 0.3 is 0 Å². The maximum Gasteiger partial charge on any atom is 0.227 e. The van der Waals surface area contributed by atoms with E-state index in [1.807, 2.05) is 18.2 Å². The first-order valence-corrected chi connectivity index (χ1v) is 5.84. The third-order valence-electron chi connectivity index (χ3n) is 2.92. The fourth-order valence-electron chi connectivity index (χ4n) is 2.08. The van der Waals surface area contributed by atoms with E-state index in [-0.39, 0.29) is 11.2 Å². The van der Waals surface area contributed by atoms with E-state index in [1.165, 1.54) is 0 Å². The van der Waals surface area contributed by atoms with Crippen LogP contribution in [0.15, 0.2) is 24.4 Å². The zero-order chi connectivity index (χ0) is 11.8. The number of hydrogen-bond acceptors (Lipinski definition) is 3. The standard InChI is InChI=1S/C12H10ClN3O/c13-12-14-7-8-3-4-9(6-10(8)15-12)16-5-1-2-11(16)17/h3-4,6-7H,1-2,5H2. The maximum absolute atomic E-state index is 11.6. The Kier molecular flexibility index (Phi) is 2.44. The van der Waals surface area contributed by atoms with Gasteiger partial charge in [-0.15, -0.1) is 0 Å². The first kappa shape index (κ1) is 10.5. The fraction of sp³-hybridized carbons (Fsp3) is 0.250. The van der Waals surface area contributed by atoms with Crippen molar-refractivity contribution < 1.29 is 4.79 Å². The number of anilines is 1. The number of nitrogens with zero attached hydrogens (tertiary/aromatic N) is 3. The van der Waals surface area contributed by atoms with Crippen molar-refractivity contribution in [1.29, 1.82) is 0 Å². The van der Waals surface area contributed by atoms with Gasteiger partial charge in [0.15, 0.2) is 0 Å². The molecular weight excluding hydrogens is 238 g/mol. The molecule has 86 valence electrons. The number of carbonyl (C=O) groups is 1. The number of benzene rings is 1. The quantitative estimate of drug-likeness (QED) is 0.727. The second-order valence-electron chi connectivity index (χ2n) is 4.03. The minimum absolute atomic E-state index is 0.171. The largest absolute Gasteiger partial charge is 0.312 e. The summed E-state index contributed by atoms with van der Waals surface area (Å²) >= 11 is 5.76. The van der Waals surface area contributed by atoms with Gasteiger partial charge in [0.05, 0.1) is 5.52 Å². The molecule has 1 fully saturated rings. The molecule has 17 heavy (non-hydrogen) atoms. The molecule has 2 heterocycles. The predicted octanol–water partition coefficient (Wildman–Crippen LogP) is 2.41. The van der Waals surface area contributed by atoms with Gasteiger partial charge in [0, 0.05) is 30.2 Å². The van der Waals surface area contributed by atoms with Crippen molar-refractivity contribution in [3.8, 4) is 0 Å². The Morgan fingerprint density at radius 3 is 3.00 bits per heavy atom. The normalized spacial score (nSPS) is 15.8. The molecule has 2 aromatic rings. The van der Waals surface area contributed by atoms with E-state index in [0.717, 1.165) is 29.6 Å². The predicted molar refractivity (Wildman–Crippen MR) is 66.1 cm³/mol. The minimum atomic E-state index is 0.171. The van der Waals surface area contributed by atoms with E-state index in [9.17, 15) is 4.79 Å². The number of aromatic nitrogens is 2. The first-order chi connectivity index (χ1) is 8.24. The molecule has 1 aliphatic heterocycles. The number of halogens is 1. The molecule has 0 saturated carbocycles. The van der Waals surface area contributed by atoms with Crippen molar-refractivity contribution in [3.63, 3.8) is 0 Å². The highest BCUT2D eigenvalue weighted by atomic mass is 35.5. The molecule has 0 N–H and O–H groups in total.